The maximum absolute atomic E-state index is 5.95. The molecule has 1 aromatic carbocycles. The van der Waals surface area contributed by atoms with Gasteiger partial charge >= 0.3 is 0 Å². The van der Waals surface area contributed by atoms with Gasteiger partial charge in [0, 0.05) is 25.2 Å². The van der Waals surface area contributed by atoms with Gasteiger partial charge in [0.05, 0.1) is 11.4 Å². The first-order valence-electron chi connectivity index (χ1n) is 5.74. The second kappa shape index (κ2) is 5.14. The quantitative estimate of drug-likeness (QED) is 0.765. The molecule has 0 aliphatic carbocycles. The Morgan fingerprint density at radius 1 is 1.24 bits per heavy atom. The van der Waals surface area contributed by atoms with E-state index in [1.807, 2.05) is 26.2 Å². The molecule has 2 rings (SSSR count). The van der Waals surface area contributed by atoms with Crippen molar-refractivity contribution >= 4 is 11.4 Å². The van der Waals surface area contributed by atoms with Gasteiger partial charge in [-0.3, -0.25) is 0 Å². The molecular weight excluding hydrogens is 218 g/mol. The average molecular weight is 237 g/mol. The van der Waals surface area contributed by atoms with Gasteiger partial charge in [-0.25, -0.2) is 0 Å². The Kier molecular flexibility index (Phi) is 3.58. The zero-order chi connectivity index (χ0) is 12.3. The van der Waals surface area contributed by atoms with Crippen LogP contribution in [0, 0.1) is 0 Å². The Labute approximate surface area is 101 Å². The fourth-order valence-electron chi connectivity index (χ4n) is 1.67. The van der Waals surface area contributed by atoms with E-state index < -0.39 is 0 Å². The van der Waals surface area contributed by atoms with Gasteiger partial charge in [-0.2, -0.15) is 0 Å². The SMILES string of the molecule is CN(C)CCNc1cc2c(cc1N)OCCO2. The summed E-state index contributed by atoms with van der Waals surface area (Å²) in [5, 5.41) is 3.29. The van der Waals surface area contributed by atoms with Crippen LogP contribution in [0.15, 0.2) is 12.1 Å². The Hall–Kier alpha value is -1.62. The molecule has 0 fully saturated rings. The number of rotatable bonds is 4. The fraction of sp³-hybridized carbons (Fsp3) is 0.500. The zero-order valence-electron chi connectivity index (χ0n) is 10.3. The molecule has 0 saturated carbocycles. The van der Waals surface area contributed by atoms with Gasteiger partial charge in [0.2, 0.25) is 0 Å². The highest BCUT2D eigenvalue weighted by Crippen LogP contribution is 2.36. The van der Waals surface area contributed by atoms with Crippen molar-refractivity contribution in [3.05, 3.63) is 12.1 Å². The molecule has 1 aliphatic heterocycles. The number of benzene rings is 1. The van der Waals surface area contributed by atoms with Gasteiger partial charge in [0.15, 0.2) is 11.5 Å². The van der Waals surface area contributed by atoms with Gasteiger partial charge < -0.3 is 25.4 Å². The lowest BCUT2D eigenvalue weighted by molar-refractivity contribution is 0.172. The van der Waals surface area contributed by atoms with Crippen molar-refractivity contribution in [3.8, 4) is 11.5 Å². The van der Waals surface area contributed by atoms with E-state index in [2.05, 4.69) is 10.2 Å². The van der Waals surface area contributed by atoms with Gasteiger partial charge in [-0.15, -0.1) is 0 Å². The molecule has 0 radical (unpaired) electrons. The molecule has 1 heterocycles. The second-order valence-electron chi connectivity index (χ2n) is 4.31. The minimum absolute atomic E-state index is 0.583. The van der Waals surface area contributed by atoms with E-state index in [9.17, 15) is 0 Å². The van der Waals surface area contributed by atoms with Gasteiger partial charge in [0.25, 0.3) is 0 Å². The van der Waals surface area contributed by atoms with Crippen molar-refractivity contribution in [1.82, 2.24) is 4.90 Å². The summed E-state index contributed by atoms with van der Waals surface area (Å²) < 4.78 is 11.0. The lowest BCUT2D eigenvalue weighted by atomic mass is 10.2. The number of fused-ring (bicyclic) bond motifs is 1. The van der Waals surface area contributed by atoms with Crippen LogP contribution in [0.3, 0.4) is 0 Å². The predicted octanol–water partition coefficient (Wildman–Crippen LogP) is 1.01. The summed E-state index contributed by atoms with van der Waals surface area (Å²) in [4.78, 5) is 2.11. The lowest BCUT2D eigenvalue weighted by Gasteiger charge is -2.21. The normalized spacial score (nSPS) is 13.8. The van der Waals surface area contributed by atoms with Crippen LogP contribution in [0.1, 0.15) is 0 Å². The molecular formula is C12H19N3O2. The number of hydrogen-bond acceptors (Lipinski definition) is 5. The molecule has 5 nitrogen and oxygen atoms in total. The summed E-state index contributed by atoms with van der Waals surface area (Å²) in [6.07, 6.45) is 0. The zero-order valence-corrected chi connectivity index (χ0v) is 10.3. The Bertz CT molecular complexity index is 394. The van der Waals surface area contributed by atoms with Gasteiger partial charge in [-0.1, -0.05) is 0 Å². The maximum atomic E-state index is 5.95. The van der Waals surface area contributed by atoms with Crippen molar-refractivity contribution in [2.24, 2.45) is 0 Å². The molecule has 0 unspecified atom stereocenters. The van der Waals surface area contributed by atoms with Crippen LogP contribution in [0.2, 0.25) is 0 Å². The highest BCUT2D eigenvalue weighted by molar-refractivity contribution is 5.72. The summed E-state index contributed by atoms with van der Waals surface area (Å²) in [5.41, 5.74) is 7.54. The number of nitrogens with zero attached hydrogens (tertiary/aromatic N) is 1. The second-order valence-corrected chi connectivity index (χ2v) is 4.31. The first kappa shape index (κ1) is 11.9. The Balaban J connectivity index is 2.06. The number of hydrogen-bond donors (Lipinski definition) is 2. The minimum atomic E-state index is 0.583. The highest BCUT2D eigenvalue weighted by atomic mass is 16.6. The first-order valence-corrected chi connectivity index (χ1v) is 5.74. The molecule has 0 aromatic heterocycles. The van der Waals surface area contributed by atoms with Crippen molar-refractivity contribution < 1.29 is 9.47 Å². The first-order chi connectivity index (χ1) is 8.16. The number of nitrogens with one attached hydrogen (secondary N) is 1. The third-order valence-corrected chi connectivity index (χ3v) is 2.59. The standard InChI is InChI=1S/C12H19N3O2/c1-15(2)4-3-14-10-8-12-11(7-9(10)13)16-5-6-17-12/h7-8,14H,3-6,13H2,1-2H3. The van der Waals surface area contributed by atoms with Crippen LogP contribution in [0.4, 0.5) is 11.4 Å². The number of nitrogens with two attached hydrogens (primary N) is 1. The molecule has 0 bridgehead atoms. The summed E-state index contributed by atoms with van der Waals surface area (Å²) in [6.45, 7) is 2.97. The molecule has 1 aliphatic rings. The van der Waals surface area contributed by atoms with Crippen molar-refractivity contribution in [3.63, 3.8) is 0 Å². The largest absolute Gasteiger partial charge is 0.486 e. The molecule has 1 aromatic rings. The van der Waals surface area contributed by atoms with Crippen molar-refractivity contribution in [2.75, 3.05) is 51.4 Å². The van der Waals surface area contributed by atoms with Crippen LogP contribution in [-0.2, 0) is 0 Å². The van der Waals surface area contributed by atoms with E-state index in [4.69, 9.17) is 15.2 Å². The predicted molar refractivity (Wildman–Crippen MR) is 68.9 cm³/mol. The molecule has 0 atom stereocenters. The van der Waals surface area contributed by atoms with E-state index >= 15 is 0 Å². The summed E-state index contributed by atoms with van der Waals surface area (Å²) in [6, 6.07) is 3.71. The van der Waals surface area contributed by atoms with Crippen LogP contribution >= 0.6 is 0 Å². The number of nitrogen functional groups attached to an aromatic ring is 1. The van der Waals surface area contributed by atoms with E-state index in [0.717, 1.165) is 30.3 Å². The smallest absolute Gasteiger partial charge is 0.163 e. The summed E-state index contributed by atoms with van der Waals surface area (Å²) in [7, 11) is 4.07. The van der Waals surface area contributed by atoms with Crippen molar-refractivity contribution in [1.29, 1.82) is 0 Å². The van der Waals surface area contributed by atoms with Crippen LogP contribution in [0.5, 0.6) is 11.5 Å². The molecule has 17 heavy (non-hydrogen) atoms. The minimum Gasteiger partial charge on any atom is -0.486 e. The molecule has 3 N–H and O–H groups in total. The van der Waals surface area contributed by atoms with Crippen molar-refractivity contribution in [2.45, 2.75) is 0 Å². The number of anilines is 2. The summed E-state index contributed by atoms with van der Waals surface area (Å²) in [5.74, 6) is 1.49. The van der Waals surface area contributed by atoms with E-state index in [0.29, 0.717) is 18.9 Å². The van der Waals surface area contributed by atoms with Crippen LogP contribution < -0.4 is 20.5 Å². The third kappa shape index (κ3) is 2.94. The average Bonchev–Trinajstić information content (AvgIpc) is 2.29. The van der Waals surface area contributed by atoms with Crippen LogP contribution in [0.25, 0.3) is 0 Å². The Morgan fingerprint density at radius 2 is 1.88 bits per heavy atom. The maximum Gasteiger partial charge on any atom is 0.163 e. The highest BCUT2D eigenvalue weighted by Gasteiger charge is 2.14. The van der Waals surface area contributed by atoms with Gasteiger partial charge in [-0.05, 0) is 14.1 Å². The van der Waals surface area contributed by atoms with E-state index in [1.165, 1.54) is 0 Å². The fourth-order valence-corrected chi connectivity index (χ4v) is 1.67. The summed E-state index contributed by atoms with van der Waals surface area (Å²) >= 11 is 0. The molecule has 0 spiro atoms. The number of ether oxygens (including phenoxy) is 2. The molecule has 5 heteroatoms. The topological polar surface area (TPSA) is 59.8 Å². The Morgan fingerprint density at radius 3 is 2.53 bits per heavy atom. The number of likely N-dealkylation sites (N-methyl/N-ethyl adjacent to an activating group) is 1. The molecule has 0 saturated heterocycles. The monoisotopic (exact) mass is 237 g/mol. The molecule has 0 amide bonds. The lowest BCUT2D eigenvalue weighted by Crippen LogP contribution is -2.21. The third-order valence-electron chi connectivity index (χ3n) is 2.59. The van der Waals surface area contributed by atoms with Gasteiger partial charge in [0.1, 0.15) is 13.2 Å². The van der Waals surface area contributed by atoms with E-state index in [-0.39, 0.29) is 0 Å². The van der Waals surface area contributed by atoms with E-state index in [1.54, 1.807) is 0 Å². The molecule has 94 valence electrons. The van der Waals surface area contributed by atoms with Crippen LogP contribution in [-0.4, -0.2) is 45.3 Å².